The van der Waals surface area contributed by atoms with Crippen LogP contribution in [0.25, 0.3) is 11.3 Å². The van der Waals surface area contributed by atoms with E-state index < -0.39 is 0 Å². The van der Waals surface area contributed by atoms with E-state index in [0.29, 0.717) is 0 Å². The van der Waals surface area contributed by atoms with Crippen LogP contribution >= 0.6 is 0 Å². The summed E-state index contributed by atoms with van der Waals surface area (Å²) in [7, 11) is 0. The molecule has 0 aliphatic carbocycles. The molecule has 70 valence electrons. The molecular formula is C11H10N2O. The summed E-state index contributed by atoms with van der Waals surface area (Å²) < 4.78 is 0. The van der Waals surface area contributed by atoms with E-state index in [1.54, 1.807) is 19.4 Å². The van der Waals surface area contributed by atoms with E-state index >= 15 is 0 Å². The minimum Gasteiger partial charge on any atom is -0.345 e. The van der Waals surface area contributed by atoms with Crippen LogP contribution in [0.3, 0.4) is 0 Å². The number of carbonyl (C=O) groups excluding carboxylic acids is 1. The first-order valence-electron chi connectivity index (χ1n) is 4.38. The van der Waals surface area contributed by atoms with Crippen LogP contribution in [0.15, 0.2) is 36.8 Å². The Kier molecular flexibility index (Phi) is 2.14. The lowest BCUT2D eigenvalue weighted by Crippen LogP contribution is -1.95. The topological polar surface area (TPSA) is 45.8 Å². The van der Waals surface area contributed by atoms with Gasteiger partial charge in [0, 0.05) is 11.1 Å². The Bertz CT molecular complexity index is 446. The molecule has 1 heterocycles. The van der Waals surface area contributed by atoms with Crippen molar-refractivity contribution in [3.05, 3.63) is 42.4 Å². The number of aromatic amines is 1. The molecule has 0 fully saturated rings. The third-order valence-corrected chi connectivity index (χ3v) is 2.09. The number of hydrogen-bond acceptors (Lipinski definition) is 2. The van der Waals surface area contributed by atoms with E-state index in [0.717, 1.165) is 16.8 Å². The van der Waals surface area contributed by atoms with Crippen LogP contribution < -0.4 is 0 Å². The van der Waals surface area contributed by atoms with E-state index in [1.165, 1.54) is 0 Å². The van der Waals surface area contributed by atoms with Crippen LogP contribution in [0.4, 0.5) is 0 Å². The summed E-state index contributed by atoms with van der Waals surface area (Å²) in [4.78, 5) is 18.2. The summed E-state index contributed by atoms with van der Waals surface area (Å²) in [5.74, 6) is 0.0650. The number of H-pyrrole nitrogens is 1. The second kappa shape index (κ2) is 3.46. The molecule has 0 aliphatic rings. The number of hydrogen-bond donors (Lipinski definition) is 1. The summed E-state index contributed by atoms with van der Waals surface area (Å²) in [6.07, 6.45) is 3.31. The first-order valence-corrected chi connectivity index (χ1v) is 4.38. The summed E-state index contributed by atoms with van der Waals surface area (Å²) in [5, 5.41) is 0. The smallest absolute Gasteiger partial charge is 0.160 e. The fraction of sp³-hybridized carbons (Fsp3) is 0.0909. The quantitative estimate of drug-likeness (QED) is 0.731. The van der Waals surface area contributed by atoms with Gasteiger partial charge in [0.15, 0.2) is 5.78 Å². The molecule has 2 aromatic rings. The Morgan fingerprint density at radius 3 is 2.79 bits per heavy atom. The maximum Gasteiger partial charge on any atom is 0.160 e. The monoisotopic (exact) mass is 186 g/mol. The molecule has 0 saturated heterocycles. The largest absolute Gasteiger partial charge is 0.345 e. The number of rotatable bonds is 2. The SMILES string of the molecule is CC(=O)c1ccccc1-c1cnc[nH]1. The lowest BCUT2D eigenvalue weighted by molar-refractivity contribution is 0.101. The van der Waals surface area contributed by atoms with Gasteiger partial charge in [-0.25, -0.2) is 4.98 Å². The highest BCUT2D eigenvalue weighted by molar-refractivity contribution is 6.00. The fourth-order valence-electron chi connectivity index (χ4n) is 1.43. The van der Waals surface area contributed by atoms with Gasteiger partial charge in [-0.05, 0) is 6.92 Å². The summed E-state index contributed by atoms with van der Waals surface area (Å²) >= 11 is 0. The van der Waals surface area contributed by atoms with E-state index in [4.69, 9.17) is 0 Å². The molecule has 0 saturated carbocycles. The third kappa shape index (κ3) is 1.44. The Labute approximate surface area is 81.8 Å². The number of Topliss-reactive ketones (excluding diaryl/α,β-unsaturated/α-hetero) is 1. The number of nitrogens with one attached hydrogen (secondary N) is 1. The molecule has 3 heteroatoms. The van der Waals surface area contributed by atoms with Crippen LogP contribution in [0.2, 0.25) is 0 Å². The standard InChI is InChI=1S/C11H10N2O/c1-8(14)9-4-2-3-5-10(9)11-6-12-7-13-11/h2-7H,1H3,(H,12,13). The molecule has 0 radical (unpaired) electrons. The molecule has 0 unspecified atom stereocenters. The van der Waals surface area contributed by atoms with Crippen molar-refractivity contribution in [3.63, 3.8) is 0 Å². The zero-order valence-corrected chi connectivity index (χ0v) is 7.82. The first-order chi connectivity index (χ1) is 6.79. The maximum absolute atomic E-state index is 11.3. The fourth-order valence-corrected chi connectivity index (χ4v) is 1.43. The molecular weight excluding hydrogens is 176 g/mol. The number of nitrogens with zero attached hydrogens (tertiary/aromatic N) is 1. The van der Waals surface area contributed by atoms with Crippen LogP contribution in [0, 0.1) is 0 Å². The maximum atomic E-state index is 11.3. The highest BCUT2D eigenvalue weighted by atomic mass is 16.1. The van der Waals surface area contributed by atoms with Gasteiger partial charge < -0.3 is 4.98 Å². The van der Waals surface area contributed by atoms with E-state index in [9.17, 15) is 4.79 Å². The molecule has 0 aliphatic heterocycles. The van der Waals surface area contributed by atoms with Crippen LogP contribution in [-0.4, -0.2) is 15.8 Å². The number of imidazole rings is 1. The molecule has 14 heavy (non-hydrogen) atoms. The van der Waals surface area contributed by atoms with Gasteiger partial charge in [0.1, 0.15) is 0 Å². The summed E-state index contributed by atoms with van der Waals surface area (Å²) in [5.41, 5.74) is 2.49. The van der Waals surface area contributed by atoms with Gasteiger partial charge in [-0.15, -0.1) is 0 Å². The van der Waals surface area contributed by atoms with Crippen molar-refractivity contribution in [1.82, 2.24) is 9.97 Å². The van der Waals surface area contributed by atoms with Crippen molar-refractivity contribution in [1.29, 1.82) is 0 Å². The van der Waals surface area contributed by atoms with Crippen LogP contribution in [0.5, 0.6) is 0 Å². The van der Waals surface area contributed by atoms with Gasteiger partial charge in [-0.2, -0.15) is 0 Å². The predicted octanol–water partition coefficient (Wildman–Crippen LogP) is 2.28. The van der Waals surface area contributed by atoms with Gasteiger partial charge in [-0.3, -0.25) is 4.79 Å². The average Bonchev–Trinajstić information content (AvgIpc) is 2.70. The third-order valence-electron chi connectivity index (χ3n) is 2.09. The minimum atomic E-state index is 0.0650. The highest BCUT2D eigenvalue weighted by Crippen LogP contribution is 2.21. The van der Waals surface area contributed by atoms with Crippen molar-refractivity contribution >= 4 is 5.78 Å². The average molecular weight is 186 g/mol. The normalized spacial score (nSPS) is 10.1. The van der Waals surface area contributed by atoms with Gasteiger partial charge in [-0.1, -0.05) is 24.3 Å². The number of benzene rings is 1. The Morgan fingerprint density at radius 2 is 2.14 bits per heavy atom. The van der Waals surface area contributed by atoms with Crippen LogP contribution in [0.1, 0.15) is 17.3 Å². The first kappa shape index (κ1) is 8.69. The van der Waals surface area contributed by atoms with Crippen molar-refractivity contribution in [3.8, 4) is 11.3 Å². The molecule has 0 spiro atoms. The molecule has 2 rings (SSSR count). The van der Waals surface area contributed by atoms with E-state index in [-0.39, 0.29) is 5.78 Å². The number of ketones is 1. The number of aromatic nitrogens is 2. The second-order valence-electron chi connectivity index (χ2n) is 3.07. The second-order valence-corrected chi connectivity index (χ2v) is 3.07. The summed E-state index contributed by atoms with van der Waals surface area (Å²) in [6, 6.07) is 7.49. The molecule has 0 bridgehead atoms. The van der Waals surface area contributed by atoms with Gasteiger partial charge in [0.2, 0.25) is 0 Å². The molecule has 3 nitrogen and oxygen atoms in total. The predicted molar refractivity (Wildman–Crippen MR) is 54.0 cm³/mol. The van der Waals surface area contributed by atoms with Crippen molar-refractivity contribution in [2.75, 3.05) is 0 Å². The lowest BCUT2D eigenvalue weighted by Gasteiger charge is -2.03. The zero-order valence-electron chi connectivity index (χ0n) is 7.82. The zero-order chi connectivity index (χ0) is 9.97. The van der Waals surface area contributed by atoms with E-state index in [1.807, 2.05) is 24.3 Å². The van der Waals surface area contributed by atoms with Gasteiger partial charge in [0.05, 0.1) is 18.2 Å². The van der Waals surface area contributed by atoms with Crippen molar-refractivity contribution in [2.45, 2.75) is 6.92 Å². The Balaban J connectivity index is 2.58. The van der Waals surface area contributed by atoms with Crippen molar-refractivity contribution in [2.24, 2.45) is 0 Å². The van der Waals surface area contributed by atoms with Gasteiger partial charge in [0.25, 0.3) is 0 Å². The summed E-state index contributed by atoms with van der Waals surface area (Å²) in [6.45, 7) is 1.56. The number of carbonyl (C=O) groups is 1. The minimum absolute atomic E-state index is 0.0650. The van der Waals surface area contributed by atoms with Crippen molar-refractivity contribution < 1.29 is 4.79 Å². The lowest BCUT2D eigenvalue weighted by atomic mass is 10.0. The Hall–Kier alpha value is -1.90. The highest BCUT2D eigenvalue weighted by Gasteiger charge is 2.08. The molecule has 0 amide bonds. The Morgan fingerprint density at radius 1 is 1.36 bits per heavy atom. The molecule has 1 aromatic carbocycles. The molecule has 0 atom stereocenters. The van der Waals surface area contributed by atoms with Gasteiger partial charge >= 0.3 is 0 Å². The molecule has 1 N–H and O–H groups in total. The van der Waals surface area contributed by atoms with E-state index in [2.05, 4.69) is 9.97 Å². The molecule has 1 aromatic heterocycles. The van der Waals surface area contributed by atoms with Crippen LogP contribution in [-0.2, 0) is 0 Å².